The predicted molar refractivity (Wildman–Crippen MR) is 314 cm³/mol. The van der Waals surface area contributed by atoms with Crippen molar-refractivity contribution in [1.29, 1.82) is 0 Å². The molecule has 0 radical (unpaired) electrons. The molecule has 354 valence electrons. The lowest BCUT2D eigenvalue weighted by atomic mass is 9.36. The SMILES string of the molecule is Cc1cc2c3c(c1)N(c1ccc(C(C)C)cc1)c1c(sc4cc5c(cc14)-c1ccc(C(C)C)cc1C51c4ccccc4-c4ccccc41)B3c1ccc(-c3c(C)cccc3C)cc1N2c1ccc(C(C)C)cc1. The normalized spacial score (nSPS) is 14.2. The molecule has 0 unspecified atom stereocenters. The van der Waals surface area contributed by atoms with Gasteiger partial charge in [0.2, 0.25) is 0 Å². The third kappa shape index (κ3) is 6.17. The zero-order valence-corrected chi connectivity index (χ0v) is 44.2. The van der Waals surface area contributed by atoms with Crippen molar-refractivity contribution in [2.24, 2.45) is 0 Å². The highest BCUT2D eigenvalue weighted by Crippen LogP contribution is 2.64. The molecule has 0 N–H and O–H groups in total. The molecule has 0 saturated heterocycles. The van der Waals surface area contributed by atoms with Gasteiger partial charge in [0.05, 0.1) is 11.1 Å². The van der Waals surface area contributed by atoms with Gasteiger partial charge in [0, 0.05) is 43.3 Å². The molecule has 1 spiro atoms. The van der Waals surface area contributed by atoms with Crippen molar-refractivity contribution in [1.82, 2.24) is 0 Å². The smallest absolute Gasteiger partial charge is 0.264 e. The summed E-state index contributed by atoms with van der Waals surface area (Å²) in [6.07, 6.45) is 0. The number of nitrogens with zero attached hydrogens (tertiary/aromatic N) is 2. The van der Waals surface area contributed by atoms with Gasteiger partial charge in [0.15, 0.2) is 0 Å². The van der Waals surface area contributed by atoms with Crippen molar-refractivity contribution in [2.75, 3.05) is 9.80 Å². The summed E-state index contributed by atoms with van der Waals surface area (Å²) in [5, 5.41) is 1.32. The molecule has 0 saturated carbocycles. The number of rotatable bonds is 6. The van der Waals surface area contributed by atoms with Crippen molar-refractivity contribution >= 4 is 78.0 Å². The number of fused-ring (bicyclic) bond motifs is 16. The Balaban J connectivity index is 1.09. The Kier molecular flexibility index (Phi) is 9.74. The molecule has 4 aliphatic rings. The van der Waals surface area contributed by atoms with E-state index < -0.39 is 5.41 Å². The van der Waals surface area contributed by atoms with E-state index in [0.29, 0.717) is 17.8 Å². The molecular formula is C69H59BN2S. The number of aryl methyl sites for hydroxylation is 3. The van der Waals surface area contributed by atoms with Crippen LogP contribution in [0.3, 0.4) is 0 Å². The number of hydrogen-bond acceptors (Lipinski definition) is 3. The van der Waals surface area contributed by atoms with Gasteiger partial charge >= 0.3 is 0 Å². The molecule has 0 bridgehead atoms. The maximum Gasteiger partial charge on any atom is 0.264 e. The van der Waals surface area contributed by atoms with Gasteiger partial charge < -0.3 is 9.80 Å². The summed E-state index contributed by atoms with van der Waals surface area (Å²) in [6, 6.07) is 69.0. The summed E-state index contributed by atoms with van der Waals surface area (Å²) in [5.74, 6) is 1.28. The first-order valence-corrected chi connectivity index (χ1v) is 27.3. The zero-order chi connectivity index (χ0) is 49.8. The summed E-state index contributed by atoms with van der Waals surface area (Å²) in [5.41, 5.74) is 31.2. The van der Waals surface area contributed by atoms with E-state index in [0.717, 1.165) is 0 Å². The maximum absolute atomic E-state index is 2.65. The van der Waals surface area contributed by atoms with Gasteiger partial charge in [-0.2, -0.15) is 0 Å². The minimum Gasteiger partial charge on any atom is -0.311 e. The summed E-state index contributed by atoms with van der Waals surface area (Å²) in [6.45, 7) is 20.6. The molecular weight excluding hydrogens is 900 g/mol. The van der Waals surface area contributed by atoms with Crippen LogP contribution in [0.2, 0.25) is 0 Å². The molecule has 3 heterocycles. The average molecular weight is 959 g/mol. The van der Waals surface area contributed by atoms with E-state index in [4.69, 9.17) is 0 Å². The zero-order valence-electron chi connectivity index (χ0n) is 43.4. The highest BCUT2D eigenvalue weighted by molar-refractivity contribution is 7.33. The quantitative estimate of drug-likeness (QED) is 0.153. The van der Waals surface area contributed by atoms with E-state index in [2.05, 4.69) is 248 Å². The monoisotopic (exact) mass is 958 g/mol. The van der Waals surface area contributed by atoms with E-state index in [9.17, 15) is 0 Å². The van der Waals surface area contributed by atoms with Crippen molar-refractivity contribution in [3.63, 3.8) is 0 Å². The van der Waals surface area contributed by atoms with Crippen molar-refractivity contribution < 1.29 is 0 Å². The molecule has 1 aromatic heterocycles. The molecule has 4 heteroatoms. The minimum absolute atomic E-state index is 0.00927. The lowest BCUT2D eigenvalue weighted by Gasteiger charge is -2.43. The number of hydrogen-bond donors (Lipinski definition) is 0. The van der Waals surface area contributed by atoms with Crippen LogP contribution in [0.1, 0.15) is 115 Å². The predicted octanol–water partition coefficient (Wildman–Crippen LogP) is 17.3. The summed E-state index contributed by atoms with van der Waals surface area (Å²) >= 11 is 2.02. The first kappa shape index (κ1) is 44.3. The second-order valence-electron chi connectivity index (χ2n) is 22.4. The second kappa shape index (κ2) is 16.1. The standard InChI is InChI=1S/C69H59BN2S/c1-39(2)45-21-27-49(28-22-45)71-61-36-48(65-43(8)15-14-16-44(65)9)26-32-60(61)70-66-62(71)33-42(7)34-63(66)72(50-29-23-46(24-30-50)40(3)4)67-55-37-54-53-31-25-47(41(5)6)35-58(53)69(59(54)38-64(55)73-68(67)70)56-19-12-10-17-51(56)52-18-11-13-20-57(52)69/h10-41H,1-9H3. The van der Waals surface area contributed by atoms with Crippen LogP contribution in [0.25, 0.3) is 43.5 Å². The van der Waals surface area contributed by atoms with Gasteiger partial charge in [-0.05, 0) is 193 Å². The molecule has 0 atom stereocenters. The van der Waals surface area contributed by atoms with Crippen LogP contribution in [0, 0.1) is 20.8 Å². The first-order valence-electron chi connectivity index (χ1n) is 26.5. The minimum atomic E-state index is -0.436. The summed E-state index contributed by atoms with van der Waals surface area (Å²) in [4.78, 5) is 5.24. The Morgan fingerprint density at radius 2 is 1.00 bits per heavy atom. The topological polar surface area (TPSA) is 6.48 Å². The third-order valence-electron chi connectivity index (χ3n) is 17.1. The molecule has 73 heavy (non-hydrogen) atoms. The largest absolute Gasteiger partial charge is 0.311 e. The lowest BCUT2D eigenvalue weighted by Crippen LogP contribution is -2.60. The molecule has 9 aromatic carbocycles. The Labute approximate surface area is 435 Å². The highest BCUT2D eigenvalue weighted by atomic mass is 32.1. The Hall–Kier alpha value is -7.40. The average Bonchev–Trinajstić information content (AvgIpc) is 4.03. The van der Waals surface area contributed by atoms with Crippen LogP contribution >= 0.6 is 11.3 Å². The molecule has 2 nitrogen and oxygen atoms in total. The molecule has 10 aromatic rings. The molecule has 0 amide bonds. The van der Waals surface area contributed by atoms with Gasteiger partial charge in [-0.3, -0.25) is 0 Å². The molecule has 2 aliphatic carbocycles. The van der Waals surface area contributed by atoms with Crippen LogP contribution in [0.5, 0.6) is 0 Å². The summed E-state index contributed by atoms with van der Waals surface area (Å²) < 4.78 is 2.73. The van der Waals surface area contributed by atoms with Crippen molar-refractivity contribution in [3.8, 4) is 33.4 Å². The van der Waals surface area contributed by atoms with E-state index >= 15 is 0 Å². The first-order chi connectivity index (χ1) is 35.4. The van der Waals surface area contributed by atoms with Gasteiger partial charge in [-0.25, -0.2) is 0 Å². The molecule has 2 aliphatic heterocycles. The number of thiophene rings is 1. The number of anilines is 6. The van der Waals surface area contributed by atoms with Gasteiger partial charge in [-0.15, -0.1) is 11.3 Å². The Bertz CT molecular complexity index is 3880. The van der Waals surface area contributed by atoms with Gasteiger partial charge in [0.1, 0.15) is 0 Å². The van der Waals surface area contributed by atoms with Crippen LogP contribution in [0.4, 0.5) is 34.1 Å². The lowest BCUT2D eigenvalue weighted by molar-refractivity contribution is 0.785. The van der Waals surface area contributed by atoms with Gasteiger partial charge in [0.25, 0.3) is 6.71 Å². The third-order valence-corrected chi connectivity index (χ3v) is 18.3. The van der Waals surface area contributed by atoms with Gasteiger partial charge in [-0.1, -0.05) is 163 Å². The van der Waals surface area contributed by atoms with E-state index in [1.54, 1.807) is 0 Å². The number of benzene rings is 9. The van der Waals surface area contributed by atoms with Crippen LogP contribution in [-0.2, 0) is 5.41 Å². The fourth-order valence-electron chi connectivity index (χ4n) is 13.6. The summed E-state index contributed by atoms with van der Waals surface area (Å²) in [7, 11) is 0. The van der Waals surface area contributed by atoms with E-state index in [1.807, 2.05) is 11.3 Å². The molecule has 14 rings (SSSR count). The molecule has 0 fully saturated rings. The van der Waals surface area contributed by atoms with E-state index in [1.165, 1.54) is 149 Å². The fraction of sp³-hybridized carbons (Fsp3) is 0.188. The Morgan fingerprint density at radius 3 is 1.62 bits per heavy atom. The van der Waals surface area contributed by atoms with E-state index in [-0.39, 0.29) is 6.71 Å². The van der Waals surface area contributed by atoms with Crippen LogP contribution in [0.15, 0.2) is 176 Å². The van der Waals surface area contributed by atoms with Crippen LogP contribution in [-0.4, -0.2) is 6.71 Å². The van der Waals surface area contributed by atoms with Crippen molar-refractivity contribution in [3.05, 3.63) is 232 Å². The second-order valence-corrected chi connectivity index (χ2v) is 23.4. The van der Waals surface area contributed by atoms with Crippen LogP contribution < -0.4 is 25.5 Å². The highest BCUT2D eigenvalue weighted by Gasteiger charge is 2.53. The fourth-order valence-corrected chi connectivity index (χ4v) is 14.9. The van der Waals surface area contributed by atoms with Crippen molar-refractivity contribution in [2.45, 2.75) is 85.5 Å². The Morgan fingerprint density at radius 1 is 0.452 bits per heavy atom. The maximum atomic E-state index is 2.65.